The number of hydrogen-bond donors (Lipinski definition) is 1. The number of benzene rings is 2. The Hall–Kier alpha value is -1.98. The molecule has 136 valence electrons. The summed E-state index contributed by atoms with van der Waals surface area (Å²) in [6, 6.07) is 15.0. The fraction of sp³-hybridized carbons (Fsp3) is 0.400. The summed E-state index contributed by atoms with van der Waals surface area (Å²) in [5, 5.41) is 3.46. The molecule has 0 aromatic heterocycles. The topological polar surface area (TPSA) is 24.5 Å². The number of nitrogens with zero attached hydrogens (tertiary/aromatic N) is 1. The second-order valence-corrected chi connectivity index (χ2v) is 5.80. The highest BCUT2D eigenvalue weighted by molar-refractivity contribution is 5.64. The van der Waals surface area contributed by atoms with Crippen LogP contribution in [0.1, 0.15) is 19.4 Å². The van der Waals surface area contributed by atoms with Gasteiger partial charge >= 0.3 is 6.61 Å². The lowest BCUT2D eigenvalue weighted by molar-refractivity contribution is -0.0498. The van der Waals surface area contributed by atoms with E-state index in [0.717, 1.165) is 43.9 Å². The fourth-order valence-corrected chi connectivity index (χ4v) is 2.65. The summed E-state index contributed by atoms with van der Waals surface area (Å²) in [5.74, 6) is 0.174. The van der Waals surface area contributed by atoms with Gasteiger partial charge < -0.3 is 15.0 Å². The minimum atomic E-state index is -2.79. The molecule has 0 radical (unpaired) electrons. The van der Waals surface area contributed by atoms with Crippen molar-refractivity contribution in [2.24, 2.45) is 0 Å². The first-order valence-corrected chi connectivity index (χ1v) is 8.69. The molecule has 0 atom stereocenters. The maximum atomic E-state index is 12.2. The van der Waals surface area contributed by atoms with Crippen LogP contribution in [-0.2, 0) is 6.54 Å². The van der Waals surface area contributed by atoms with Gasteiger partial charge in [0.05, 0.1) is 0 Å². The number of likely N-dealkylation sites (N-methyl/N-ethyl adjacent to an activating group) is 1. The van der Waals surface area contributed by atoms with Gasteiger partial charge in [0, 0.05) is 19.6 Å². The predicted molar refractivity (Wildman–Crippen MR) is 98.0 cm³/mol. The molecule has 5 heteroatoms. The van der Waals surface area contributed by atoms with Gasteiger partial charge in [-0.05, 0) is 41.9 Å². The average Bonchev–Trinajstić information content (AvgIpc) is 2.63. The first-order chi connectivity index (χ1) is 12.1. The van der Waals surface area contributed by atoms with Crippen LogP contribution in [0.25, 0.3) is 11.1 Å². The van der Waals surface area contributed by atoms with Crippen molar-refractivity contribution in [3.63, 3.8) is 0 Å². The summed E-state index contributed by atoms with van der Waals surface area (Å²) < 4.78 is 28.7. The van der Waals surface area contributed by atoms with Crippen molar-refractivity contribution in [1.29, 1.82) is 0 Å². The molecule has 3 nitrogen and oxygen atoms in total. The first kappa shape index (κ1) is 19.3. The Balaban J connectivity index is 1.85. The van der Waals surface area contributed by atoms with Gasteiger partial charge in [0.25, 0.3) is 0 Å². The van der Waals surface area contributed by atoms with E-state index < -0.39 is 6.61 Å². The molecule has 0 fully saturated rings. The van der Waals surface area contributed by atoms with E-state index in [1.165, 1.54) is 5.56 Å². The zero-order valence-corrected chi connectivity index (χ0v) is 14.8. The standard InChI is InChI=1S/C20H26F2N2O/c1-3-24(4-2)14-13-23-15-16-5-7-17(8-6-16)18-9-11-19(12-10-18)25-20(21)22/h5-12,20,23H,3-4,13-15H2,1-2H3. The van der Waals surface area contributed by atoms with Crippen LogP contribution in [0, 0.1) is 0 Å². The molecule has 0 aliphatic carbocycles. The zero-order valence-electron chi connectivity index (χ0n) is 14.8. The minimum absolute atomic E-state index is 0.174. The Kier molecular flexibility index (Phi) is 7.82. The third-order valence-electron chi connectivity index (χ3n) is 4.20. The molecule has 0 aliphatic heterocycles. The van der Waals surface area contributed by atoms with Crippen LogP contribution in [0.15, 0.2) is 48.5 Å². The van der Waals surface area contributed by atoms with Crippen LogP contribution >= 0.6 is 0 Å². The lowest BCUT2D eigenvalue weighted by atomic mass is 10.0. The average molecular weight is 348 g/mol. The van der Waals surface area contributed by atoms with Crippen molar-refractivity contribution in [3.8, 4) is 16.9 Å². The summed E-state index contributed by atoms with van der Waals surface area (Å²) in [5.41, 5.74) is 3.25. The van der Waals surface area contributed by atoms with Crippen LogP contribution in [0.4, 0.5) is 8.78 Å². The Labute approximate surface area is 148 Å². The van der Waals surface area contributed by atoms with Gasteiger partial charge in [-0.15, -0.1) is 0 Å². The summed E-state index contributed by atoms with van der Waals surface area (Å²) in [6.07, 6.45) is 0. The molecule has 2 rings (SSSR count). The summed E-state index contributed by atoms with van der Waals surface area (Å²) in [6.45, 7) is 6.57. The normalized spacial score (nSPS) is 11.3. The lowest BCUT2D eigenvalue weighted by Gasteiger charge is -2.18. The van der Waals surface area contributed by atoms with Gasteiger partial charge in [-0.25, -0.2) is 0 Å². The van der Waals surface area contributed by atoms with Gasteiger partial charge in [-0.3, -0.25) is 0 Å². The van der Waals surface area contributed by atoms with E-state index in [2.05, 4.69) is 40.9 Å². The Morgan fingerprint density at radius 2 is 1.48 bits per heavy atom. The Morgan fingerprint density at radius 1 is 0.920 bits per heavy atom. The molecule has 0 saturated heterocycles. The number of hydrogen-bond acceptors (Lipinski definition) is 3. The van der Waals surface area contributed by atoms with Crippen molar-refractivity contribution in [1.82, 2.24) is 10.2 Å². The predicted octanol–water partition coefficient (Wildman–Crippen LogP) is 4.39. The largest absolute Gasteiger partial charge is 0.435 e. The van der Waals surface area contributed by atoms with Crippen molar-refractivity contribution in [2.45, 2.75) is 27.0 Å². The molecule has 0 heterocycles. The summed E-state index contributed by atoms with van der Waals surface area (Å²) >= 11 is 0. The van der Waals surface area contributed by atoms with E-state index in [1.807, 2.05) is 12.1 Å². The quantitative estimate of drug-likeness (QED) is 0.645. The molecule has 0 saturated carbocycles. The zero-order chi connectivity index (χ0) is 18.1. The number of halogens is 2. The molecule has 0 spiro atoms. The van der Waals surface area contributed by atoms with E-state index in [9.17, 15) is 8.78 Å². The number of alkyl halides is 2. The molecule has 0 bridgehead atoms. The smallest absolute Gasteiger partial charge is 0.387 e. The second-order valence-electron chi connectivity index (χ2n) is 5.80. The maximum absolute atomic E-state index is 12.2. The lowest BCUT2D eigenvalue weighted by Crippen LogP contribution is -2.31. The molecule has 25 heavy (non-hydrogen) atoms. The molecule has 2 aromatic rings. The van der Waals surface area contributed by atoms with Gasteiger partial charge in [0.2, 0.25) is 0 Å². The van der Waals surface area contributed by atoms with Gasteiger partial charge in [0.1, 0.15) is 5.75 Å². The SMILES string of the molecule is CCN(CC)CCNCc1ccc(-c2ccc(OC(F)F)cc2)cc1. The fourth-order valence-electron chi connectivity index (χ4n) is 2.65. The Morgan fingerprint density at radius 3 is 2.00 bits per heavy atom. The highest BCUT2D eigenvalue weighted by Crippen LogP contribution is 2.23. The first-order valence-electron chi connectivity index (χ1n) is 8.69. The van der Waals surface area contributed by atoms with Gasteiger partial charge in [0.15, 0.2) is 0 Å². The van der Waals surface area contributed by atoms with Crippen LogP contribution in [0.2, 0.25) is 0 Å². The summed E-state index contributed by atoms with van der Waals surface area (Å²) in [7, 11) is 0. The van der Waals surface area contributed by atoms with Crippen LogP contribution in [-0.4, -0.2) is 37.7 Å². The Bertz CT molecular complexity index is 611. The third-order valence-corrected chi connectivity index (χ3v) is 4.20. The van der Waals surface area contributed by atoms with Crippen molar-refractivity contribution in [2.75, 3.05) is 26.2 Å². The molecule has 2 aromatic carbocycles. The maximum Gasteiger partial charge on any atom is 0.387 e. The highest BCUT2D eigenvalue weighted by Gasteiger charge is 2.05. The van der Waals surface area contributed by atoms with E-state index >= 15 is 0 Å². The highest BCUT2D eigenvalue weighted by atomic mass is 19.3. The van der Waals surface area contributed by atoms with E-state index in [4.69, 9.17) is 0 Å². The number of ether oxygens (including phenoxy) is 1. The van der Waals surface area contributed by atoms with Crippen molar-refractivity contribution < 1.29 is 13.5 Å². The van der Waals surface area contributed by atoms with E-state index in [-0.39, 0.29) is 5.75 Å². The molecular weight excluding hydrogens is 322 g/mol. The van der Waals surface area contributed by atoms with Crippen LogP contribution in [0.5, 0.6) is 5.75 Å². The molecule has 0 aliphatic rings. The molecular formula is C20H26F2N2O. The van der Waals surface area contributed by atoms with E-state index in [0.29, 0.717) is 0 Å². The molecule has 0 unspecified atom stereocenters. The minimum Gasteiger partial charge on any atom is -0.435 e. The van der Waals surface area contributed by atoms with Crippen LogP contribution < -0.4 is 10.1 Å². The van der Waals surface area contributed by atoms with Crippen LogP contribution in [0.3, 0.4) is 0 Å². The summed E-state index contributed by atoms with van der Waals surface area (Å²) in [4.78, 5) is 2.39. The van der Waals surface area contributed by atoms with E-state index in [1.54, 1.807) is 24.3 Å². The van der Waals surface area contributed by atoms with Gasteiger partial charge in [-0.2, -0.15) is 8.78 Å². The third kappa shape index (κ3) is 6.44. The van der Waals surface area contributed by atoms with Gasteiger partial charge in [-0.1, -0.05) is 50.2 Å². The monoisotopic (exact) mass is 348 g/mol. The van der Waals surface area contributed by atoms with Crippen molar-refractivity contribution >= 4 is 0 Å². The second kappa shape index (κ2) is 10.1. The molecule has 0 amide bonds. The number of nitrogens with one attached hydrogen (secondary N) is 1. The molecule has 1 N–H and O–H groups in total. The van der Waals surface area contributed by atoms with Crippen molar-refractivity contribution in [3.05, 3.63) is 54.1 Å². The number of rotatable bonds is 10.